The van der Waals surface area contributed by atoms with Gasteiger partial charge in [-0.05, 0) is 63.1 Å². The first-order valence-corrected chi connectivity index (χ1v) is 13.2. The van der Waals surface area contributed by atoms with Crippen molar-refractivity contribution < 1.29 is 26.7 Å². The highest BCUT2D eigenvalue weighted by atomic mass is 32.2. The van der Waals surface area contributed by atoms with Crippen molar-refractivity contribution in [2.24, 2.45) is 0 Å². The molecule has 9 nitrogen and oxygen atoms in total. The molecule has 1 atom stereocenters. The van der Waals surface area contributed by atoms with Gasteiger partial charge in [-0.2, -0.15) is 0 Å². The van der Waals surface area contributed by atoms with Gasteiger partial charge in [-0.15, -0.1) is 5.10 Å². The van der Waals surface area contributed by atoms with Crippen LogP contribution < -0.4 is 9.21 Å². The number of aryl methyl sites for hydroxylation is 1. The monoisotopic (exact) mass is 541 g/mol. The summed E-state index contributed by atoms with van der Waals surface area (Å²) in [4.78, 5) is 19.6. The normalized spacial score (nSPS) is 15.4. The molecular weight excluding hydrogens is 516 g/mol. The third-order valence-electron chi connectivity index (χ3n) is 6.44. The molecule has 2 aromatic carbocycles. The molecule has 0 bridgehead atoms. The third kappa shape index (κ3) is 4.67. The van der Waals surface area contributed by atoms with E-state index in [-0.39, 0.29) is 29.2 Å². The molecule has 0 amide bonds. The highest BCUT2D eigenvalue weighted by Gasteiger charge is 2.32. The van der Waals surface area contributed by atoms with Gasteiger partial charge in [0.2, 0.25) is 10.9 Å². The van der Waals surface area contributed by atoms with Crippen LogP contribution in [0.3, 0.4) is 0 Å². The Bertz CT molecular complexity index is 1580. The Morgan fingerprint density at radius 3 is 2.63 bits per heavy atom. The van der Waals surface area contributed by atoms with Crippen molar-refractivity contribution in [2.45, 2.75) is 32.7 Å². The van der Waals surface area contributed by atoms with E-state index in [1.165, 1.54) is 10.6 Å². The Hall–Kier alpha value is -4.06. The average Bonchev–Trinajstić information content (AvgIpc) is 3.51. The zero-order valence-electron chi connectivity index (χ0n) is 20.7. The first-order valence-electron chi connectivity index (χ1n) is 12.1. The maximum Gasteiger partial charge on any atom is 0.345 e. The standard InChI is InChI=1S/C26H25F2N5O4S/c1-3-37-26(34)23-24-29-22(31-13-4-5-21(31)19-15-17(27)8-11-20(19)28)12-14-32(24)30-25(23)33(38(35)36)18-9-6-16(2)7-10-18/h6-12,14-15,21,38H,3-5,13H2,1-2H3. The van der Waals surface area contributed by atoms with Gasteiger partial charge < -0.3 is 9.64 Å². The summed E-state index contributed by atoms with van der Waals surface area (Å²) in [5, 5.41) is 4.37. The van der Waals surface area contributed by atoms with Crippen LogP contribution in [-0.4, -0.2) is 42.1 Å². The molecule has 198 valence electrons. The molecule has 12 heteroatoms. The predicted molar refractivity (Wildman–Crippen MR) is 138 cm³/mol. The molecule has 0 spiro atoms. The first-order chi connectivity index (χ1) is 18.3. The molecule has 1 unspecified atom stereocenters. The number of hydrogen-bond acceptors (Lipinski definition) is 7. The van der Waals surface area contributed by atoms with Crippen LogP contribution in [-0.2, 0) is 15.6 Å². The van der Waals surface area contributed by atoms with Crippen LogP contribution in [0, 0.1) is 18.6 Å². The second-order valence-corrected chi connectivity index (χ2v) is 9.75. The summed E-state index contributed by atoms with van der Waals surface area (Å²) in [5.74, 6) is -1.58. The van der Waals surface area contributed by atoms with Crippen molar-refractivity contribution in [3.05, 3.63) is 83.1 Å². The van der Waals surface area contributed by atoms with Crippen molar-refractivity contribution in [1.29, 1.82) is 0 Å². The number of rotatable bonds is 7. The summed E-state index contributed by atoms with van der Waals surface area (Å²) in [7, 11) is -3.24. The molecule has 1 aliphatic rings. The molecular formula is C26H25F2N5O4S. The van der Waals surface area contributed by atoms with E-state index in [4.69, 9.17) is 4.74 Å². The van der Waals surface area contributed by atoms with Gasteiger partial charge in [-0.3, -0.25) is 0 Å². The minimum absolute atomic E-state index is 0.0520. The van der Waals surface area contributed by atoms with Crippen molar-refractivity contribution in [3.8, 4) is 0 Å². The van der Waals surface area contributed by atoms with Gasteiger partial charge in [-0.1, -0.05) is 17.7 Å². The SMILES string of the molecule is CCOC(=O)c1c(N(c2ccc(C)cc2)[SH](=O)=O)nn2ccc(N3CCCC3c3cc(F)ccc3F)nc12. The number of esters is 1. The number of carbonyl (C=O) groups is 1. The first kappa shape index (κ1) is 25.6. The molecule has 2 aromatic heterocycles. The molecule has 0 aliphatic carbocycles. The van der Waals surface area contributed by atoms with Crippen LogP contribution in [0.4, 0.5) is 26.1 Å². The Morgan fingerprint density at radius 1 is 1.16 bits per heavy atom. The number of thiol groups is 1. The van der Waals surface area contributed by atoms with E-state index in [1.54, 1.807) is 43.5 Å². The molecule has 0 N–H and O–H groups in total. The fourth-order valence-corrected chi connectivity index (χ4v) is 5.33. The van der Waals surface area contributed by atoms with Gasteiger partial charge in [0.15, 0.2) is 11.5 Å². The van der Waals surface area contributed by atoms with Gasteiger partial charge in [0, 0.05) is 18.3 Å². The van der Waals surface area contributed by atoms with Gasteiger partial charge in [0.25, 0.3) is 0 Å². The lowest BCUT2D eigenvalue weighted by molar-refractivity contribution is 0.0529. The van der Waals surface area contributed by atoms with Crippen LogP contribution in [0.1, 0.15) is 47.3 Å². The predicted octanol–water partition coefficient (Wildman–Crippen LogP) is 4.50. The van der Waals surface area contributed by atoms with Gasteiger partial charge >= 0.3 is 5.97 Å². The van der Waals surface area contributed by atoms with Crippen molar-refractivity contribution in [2.75, 3.05) is 22.4 Å². The number of benzene rings is 2. The van der Waals surface area contributed by atoms with Crippen LogP contribution in [0.15, 0.2) is 54.7 Å². The third-order valence-corrected chi connectivity index (χ3v) is 7.19. The molecule has 1 aliphatic heterocycles. The Kier molecular flexibility index (Phi) is 6.98. The summed E-state index contributed by atoms with van der Waals surface area (Å²) in [6.07, 6.45) is 2.85. The zero-order chi connectivity index (χ0) is 27.0. The summed E-state index contributed by atoms with van der Waals surface area (Å²) < 4.78 is 60.8. The molecule has 0 saturated carbocycles. The number of aromatic nitrogens is 3. The summed E-state index contributed by atoms with van der Waals surface area (Å²) in [6.45, 7) is 4.08. The van der Waals surface area contributed by atoms with Crippen LogP contribution in [0.5, 0.6) is 0 Å². The van der Waals surface area contributed by atoms with Gasteiger partial charge in [0.1, 0.15) is 23.0 Å². The van der Waals surface area contributed by atoms with Crippen LogP contribution >= 0.6 is 0 Å². The maximum absolute atomic E-state index is 14.6. The van der Waals surface area contributed by atoms with E-state index in [0.717, 1.165) is 28.4 Å². The molecule has 1 fully saturated rings. The Labute approximate surface area is 219 Å². The Morgan fingerprint density at radius 2 is 1.92 bits per heavy atom. The maximum atomic E-state index is 14.6. The largest absolute Gasteiger partial charge is 0.462 e. The second kappa shape index (κ2) is 10.4. The molecule has 3 heterocycles. The highest BCUT2D eigenvalue weighted by Crippen LogP contribution is 2.38. The van der Waals surface area contributed by atoms with E-state index in [0.29, 0.717) is 24.5 Å². The van der Waals surface area contributed by atoms with Crippen molar-refractivity contribution >= 4 is 39.8 Å². The number of fused-ring (bicyclic) bond motifs is 1. The fourth-order valence-electron chi connectivity index (χ4n) is 4.72. The Balaban J connectivity index is 1.65. The number of hydrogen-bond donors (Lipinski definition) is 1. The molecule has 38 heavy (non-hydrogen) atoms. The molecule has 4 aromatic rings. The second-order valence-electron chi connectivity index (χ2n) is 8.88. The molecule has 5 rings (SSSR count). The summed E-state index contributed by atoms with van der Waals surface area (Å²) in [6, 6.07) is 11.2. The molecule has 1 saturated heterocycles. The average molecular weight is 542 g/mol. The van der Waals surface area contributed by atoms with Crippen LogP contribution in [0.2, 0.25) is 0 Å². The van der Waals surface area contributed by atoms with Crippen molar-refractivity contribution in [3.63, 3.8) is 0 Å². The minimum Gasteiger partial charge on any atom is -0.462 e. The lowest BCUT2D eigenvalue weighted by Crippen LogP contribution is -2.24. The van der Waals surface area contributed by atoms with Gasteiger partial charge in [0.05, 0.1) is 18.3 Å². The van der Waals surface area contributed by atoms with E-state index < -0.39 is 34.5 Å². The molecule has 0 radical (unpaired) electrons. The number of anilines is 3. The summed E-state index contributed by atoms with van der Waals surface area (Å²) in [5.41, 5.74) is 1.40. The van der Waals surface area contributed by atoms with Gasteiger partial charge in [-0.25, -0.2) is 35.8 Å². The van der Waals surface area contributed by atoms with Crippen molar-refractivity contribution in [1.82, 2.24) is 14.6 Å². The number of carbonyl (C=O) groups excluding carboxylic acids is 1. The fraction of sp³-hybridized carbons (Fsp3) is 0.269. The highest BCUT2D eigenvalue weighted by molar-refractivity contribution is 7.74. The summed E-state index contributed by atoms with van der Waals surface area (Å²) >= 11 is 0. The minimum atomic E-state index is -3.24. The number of halogens is 2. The van der Waals surface area contributed by atoms with E-state index in [2.05, 4.69) is 10.1 Å². The van der Waals surface area contributed by atoms with E-state index in [1.807, 2.05) is 11.8 Å². The topological polar surface area (TPSA) is 97.1 Å². The lowest BCUT2D eigenvalue weighted by atomic mass is 10.0. The number of ether oxygens (including phenoxy) is 1. The van der Waals surface area contributed by atoms with E-state index >= 15 is 0 Å². The lowest BCUT2D eigenvalue weighted by Gasteiger charge is -2.26. The van der Waals surface area contributed by atoms with Crippen LogP contribution in [0.25, 0.3) is 5.65 Å². The smallest absolute Gasteiger partial charge is 0.345 e. The quantitative estimate of drug-likeness (QED) is 0.272. The van der Waals surface area contributed by atoms with E-state index in [9.17, 15) is 22.0 Å². The number of nitrogens with zero attached hydrogens (tertiary/aromatic N) is 5. The zero-order valence-corrected chi connectivity index (χ0v) is 21.6.